The molecule has 3 heteroatoms. The molecule has 0 aromatic carbocycles. The van der Waals surface area contributed by atoms with Crippen LogP contribution in [0.15, 0.2) is 0 Å². The van der Waals surface area contributed by atoms with Crippen LogP contribution in [0.4, 0.5) is 0 Å². The summed E-state index contributed by atoms with van der Waals surface area (Å²) in [4.78, 5) is 0. The van der Waals surface area contributed by atoms with Crippen LogP contribution in [0.1, 0.15) is 90.9 Å². The van der Waals surface area contributed by atoms with Crippen molar-refractivity contribution in [3.63, 3.8) is 0 Å². The Balaban J connectivity index is 3.29. The third-order valence-corrected chi connectivity index (χ3v) is 4.26. The van der Waals surface area contributed by atoms with Gasteiger partial charge in [-0.15, -0.1) is 0 Å². The van der Waals surface area contributed by atoms with Crippen LogP contribution in [0, 0.1) is 0 Å². The molecule has 0 unspecified atom stereocenters. The molecule has 0 aliphatic heterocycles. The first kappa shape index (κ1) is 21.4. The maximum Gasteiger partial charge on any atom is 0.167 e. The molecule has 0 rings (SSSR count). The van der Waals surface area contributed by atoms with Crippen LogP contribution < -0.4 is 0 Å². The van der Waals surface area contributed by atoms with Crippen molar-refractivity contribution in [3.05, 3.63) is 0 Å². The van der Waals surface area contributed by atoms with E-state index in [2.05, 4.69) is 29.8 Å². The van der Waals surface area contributed by atoms with Crippen LogP contribution in [0.25, 0.3) is 0 Å². The fourth-order valence-corrected chi connectivity index (χ4v) is 2.71. The van der Waals surface area contributed by atoms with Crippen molar-refractivity contribution < 1.29 is 9.47 Å². The summed E-state index contributed by atoms with van der Waals surface area (Å²) in [5.74, 6) is 0. The molecule has 0 heterocycles. The van der Waals surface area contributed by atoms with E-state index in [-0.39, 0.29) is 6.29 Å². The standard InChI is InChI=1S/C18H37BrO2/c1-3-5-7-9-11-13-15-20-18(17-19)21-16-14-12-10-8-6-4-2/h18H,3-17H2,1-2H3. The van der Waals surface area contributed by atoms with Gasteiger partial charge in [0.1, 0.15) is 0 Å². The van der Waals surface area contributed by atoms with Gasteiger partial charge in [-0.25, -0.2) is 0 Å². The monoisotopic (exact) mass is 364 g/mol. The van der Waals surface area contributed by atoms with Crippen LogP contribution in [0.5, 0.6) is 0 Å². The zero-order valence-corrected chi connectivity index (χ0v) is 16.0. The number of rotatable bonds is 17. The van der Waals surface area contributed by atoms with Crippen LogP contribution >= 0.6 is 15.9 Å². The predicted octanol–water partition coefficient (Wildman–Crippen LogP) is 6.46. The van der Waals surface area contributed by atoms with Crippen molar-refractivity contribution in [1.82, 2.24) is 0 Å². The summed E-state index contributed by atoms with van der Waals surface area (Å²) >= 11 is 3.47. The maximum atomic E-state index is 5.77. The number of halogens is 1. The lowest BCUT2D eigenvalue weighted by Crippen LogP contribution is -2.20. The maximum absolute atomic E-state index is 5.77. The average Bonchev–Trinajstić information content (AvgIpc) is 2.51. The average molecular weight is 365 g/mol. The first-order valence-electron chi connectivity index (χ1n) is 9.14. The Morgan fingerprint density at radius 1 is 0.619 bits per heavy atom. The van der Waals surface area contributed by atoms with Gasteiger partial charge in [-0.2, -0.15) is 0 Å². The summed E-state index contributed by atoms with van der Waals surface area (Å²) < 4.78 is 11.5. The third kappa shape index (κ3) is 16.6. The lowest BCUT2D eigenvalue weighted by atomic mass is 10.1. The number of unbranched alkanes of at least 4 members (excludes halogenated alkanes) is 10. The topological polar surface area (TPSA) is 18.5 Å². The summed E-state index contributed by atoms with van der Waals surface area (Å²) in [6.45, 7) is 6.17. The van der Waals surface area contributed by atoms with Crippen molar-refractivity contribution in [2.24, 2.45) is 0 Å². The van der Waals surface area contributed by atoms with Gasteiger partial charge in [-0.05, 0) is 12.8 Å². The Labute approximate surface area is 141 Å². The minimum absolute atomic E-state index is 0.0590. The largest absolute Gasteiger partial charge is 0.352 e. The molecule has 0 fully saturated rings. The first-order chi connectivity index (χ1) is 10.3. The summed E-state index contributed by atoms with van der Waals surface area (Å²) in [7, 11) is 0. The third-order valence-electron chi connectivity index (χ3n) is 3.73. The molecule has 128 valence electrons. The van der Waals surface area contributed by atoms with E-state index in [0.29, 0.717) is 0 Å². The molecular weight excluding hydrogens is 328 g/mol. The van der Waals surface area contributed by atoms with E-state index in [9.17, 15) is 0 Å². The van der Waals surface area contributed by atoms with Gasteiger partial charge in [0.2, 0.25) is 0 Å². The second-order valence-corrected chi connectivity index (χ2v) is 6.51. The molecule has 0 bridgehead atoms. The highest BCUT2D eigenvalue weighted by molar-refractivity contribution is 9.09. The van der Waals surface area contributed by atoms with E-state index >= 15 is 0 Å². The summed E-state index contributed by atoms with van der Waals surface area (Å²) in [6, 6.07) is 0. The Bertz CT molecular complexity index is 170. The zero-order chi connectivity index (χ0) is 15.6. The second kappa shape index (κ2) is 18.4. The molecule has 0 radical (unpaired) electrons. The van der Waals surface area contributed by atoms with Crippen LogP contribution in [0.3, 0.4) is 0 Å². The molecule has 0 aromatic rings. The second-order valence-electron chi connectivity index (χ2n) is 5.86. The minimum Gasteiger partial charge on any atom is -0.352 e. The van der Waals surface area contributed by atoms with Crippen LogP contribution in [0.2, 0.25) is 0 Å². The molecule has 0 spiro atoms. The van der Waals surface area contributed by atoms with Gasteiger partial charge >= 0.3 is 0 Å². The highest BCUT2D eigenvalue weighted by Crippen LogP contribution is 2.09. The first-order valence-corrected chi connectivity index (χ1v) is 10.3. The molecule has 0 aromatic heterocycles. The minimum atomic E-state index is -0.0590. The molecule has 0 saturated carbocycles. The van der Waals surface area contributed by atoms with Gasteiger partial charge in [0.15, 0.2) is 6.29 Å². The smallest absolute Gasteiger partial charge is 0.167 e. The Hall–Kier alpha value is 0.400. The summed E-state index contributed by atoms with van der Waals surface area (Å²) in [5.41, 5.74) is 0. The highest BCUT2D eigenvalue weighted by Gasteiger charge is 2.06. The molecule has 0 saturated heterocycles. The van der Waals surface area contributed by atoms with E-state index < -0.39 is 0 Å². The molecular formula is C18H37BrO2. The molecule has 0 N–H and O–H groups in total. The molecule has 0 amide bonds. The van der Waals surface area contributed by atoms with Gasteiger partial charge in [-0.3, -0.25) is 0 Å². The van der Waals surface area contributed by atoms with Gasteiger partial charge in [0, 0.05) is 13.2 Å². The Morgan fingerprint density at radius 3 is 1.38 bits per heavy atom. The van der Waals surface area contributed by atoms with E-state index in [4.69, 9.17) is 9.47 Å². The highest BCUT2D eigenvalue weighted by atomic mass is 79.9. The lowest BCUT2D eigenvalue weighted by Gasteiger charge is -2.16. The fourth-order valence-electron chi connectivity index (χ4n) is 2.33. The van der Waals surface area contributed by atoms with Crippen molar-refractivity contribution in [2.75, 3.05) is 18.5 Å². The van der Waals surface area contributed by atoms with Crippen molar-refractivity contribution >= 4 is 15.9 Å². The van der Waals surface area contributed by atoms with Gasteiger partial charge < -0.3 is 9.47 Å². The van der Waals surface area contributed by atoms with Gasteiger partial charge in [0.05, 0.1) is 5.33 Å². The summed E-state index contributed by atoms with van der Waals surface area (Å²) in [6.07, 6.45) is 15.6. The molecule has 0 atom stereocenters. The van der Waals surface area contributed by atoms with Crippen molar-refractivity contribution in [1.29, 1.82) is 0 Å². The quantitative estimate of drug-likeness (QED) is 0.167. The van der Waals surface area contributed by atoms with Crippen LogP contribution in [-0.4, -0.2) is 24.8 Å². The number of alkyl halides is 1. The normalized spacial score (nSPS) is 11.4. The van der Waals surface area contributed by atoms with Gasteiger partial charge in [-0.1, -0.05) is 94.0 Å². The van der Waals surface area contributed by atoms with E-state index in [1.165, 1.54) is 64.2 Å². The molecule has 2 nitrogen and oxygen atoms in total. The van der Waals surface area contributed by atoms with Crippen molar-refractivity contribution in [2.45, 2.75) is 97.2 Å². The number of hydrogen-bond donors (Lipinski definition) is 0. The molecule has 21 heavy (non-hydrogen) atoms. The molecule has 0 aliphatic carbocycles. The Morgan fingerprint density at radius 2 is 1.00 bits per heavy atom. The SMILES string of the molecule is CCCCCCCCOC(CBr)OCCCCCCCC. The zero-order valence-electron chi connectivity index (χ0n) is 14.4. The molecule has 0 aliphatic rings. The lowest BCUT2D eigenvalue weighted by molar-refractivity contribution is -0.127. The number of ether oxygens (including phenoxy) is 2. The van der Waals surface area contributed by atoms with Crippen LogP contribution in [-0.2, 0) is 9.47 Å². The van der Waals surface area contributed by atoms with E-state index in [1.54, 1.807) is 0 Å². The van der Waals surface area contributed by atoms with E-state index in [0.717, 1.165) is 31.4 Å². The predicted molar refractivity (Wildman–Crippen MR) is 96.2 cm³/mol. The fraction of sp³-hybridized carbons (Fsp3) is 1.00. The summed E-state index contributed by atoms with van der Waals surface area (Å²) in [5, 5.41) is 0.776. The van der Waals surface area contributed by atoms with Gasteiger partial charge in [0.25, 0.3) is 0 Å². The van der Waals surface area contributed by atoms with Crippen molar-refractivity contribution in [3.8, 4) is 0 Å². The Kier molecular flexibility index (Phi) is 18.8. The van der Waals surface area contributed by atoms with E-state index in [1.807, 2.05) is 0 Å². The number of hydrogen-bond acceptors (Lipinski definition) is 2.